The molecule has 54 heavy (non-hydrogen) atoms. The van der Waals surface area contributed by atoms with E-state index in [-0.39, 0.29) is 0 Å². The molecule has 0 aliphatic rings. The number of hydrogen-bond acceptors (Lipinski definition) is 2. The van der Waals surface area contributed by atoms with E-state index in [4.69, 9.17) is 0 Å². The van der Waals surface area contributed by atoms with Gasteiger partial charge in [0.15, 0.2) is 0 Å². The predicted molar refractivity (Wildman–Crippen MR) is 235 cm³/mol. The first-order valence-electron chi connectivity index (χ1n) is 19.4. The molecule has 268 valence electrons. The molecule has 8 rings (SSSR count). The highest BCUT2D eigenvalue weighted by atomic mass is 15.2. The number of hydrogen-bond donors (Lipinski definition) is 0. The Kier molecular flexibility index (Phi) is 9.24. The third-order valence-corrected chi connectivity index (χ3v) is 11.5. The van der Waals surface area contributed by atoms with Crippen LogP contribution in [0.2, 0.25) is 0 Å². The number of benzene rings is 8. The molecule has 0 aliphatic carbocycles. The van der Waals surface area contributed by atoms with Gasteiger partial charge in [0, 0.05) is 33.5 Å². The predicted octanol–water partition coefficient (Wildman–Crippen LogP) is 15.6. The van der Waals surface area contributed by atoms with Gasteiger partial charge in [0.2, 0.25) is 0 Å². The summed E-state index contributed by atoms with van der Waals surface area (Å²) in [6.07, 6.45) is 0. The molecule has 2 nitrogen and oxygen atoms in total. The minimum atomic E-state index is 0.465. The number of fused-ring (bicyclic) bond motifs is 5. The second kappa shape index (κ2) is 14.2. The van der Waals surface area contributed by atoms with E-state index in [2.05, 4.69) is 211 Å². The average molecular weight is 703 g/mol. The fourth-order valence-electron chi connectivity index (χ4n) is 7.88. The molecule has 8 aromatic rings. The third kappa shape index (κ3) is 6.30. The summed E-state index contributed by atoms with van der Waals surface area (Å²) < 4.78 is 0. The van der Waals surface area contributed by atoms with Crippen LogP contribution in [0.5, 0.6) is 0 Å². The minimum absolute atomic E-state index is 0.465. The van der Waals surface area contributed by atoms with Crippen LogP contribution in [0.3, 0.4) is 0 Å². The van der Waals surface area contributed by atoms with Crippen molar-refractivity contribution >= 4 is 66.4 Å². The van der Waals surface area contributed by atoms with Crippen molar-refractivity contribution in [2.24, 2.45) is 0 Å². The molecule has 0 spiro atoms. The molecule has 0 radical (unpaired) electrons. The lowest BCUT2D eigenvalue weighted by molar-refractivity contribution is 0.866. The van der Waals surface area contributed by atoms with Crippen LogP contribution in [0.15, 0.2) is 146 Å². The summed E-state index contributed by atoms with van der Waals surface area (Å²) in [5, 5.41) is 7.39. The summed E-state index contributed by atoms with van der Waals surface area (Å²) >= 11 is 0. The minimum Gasteiger partial charge on any atom is -0.310 e. The molecule has 8 aromatic carbocycles. The lowest BCUT2D eigenvalue weighted by atomic mass is 9.93. The van der Waals surface area contributed by atoms with Gasteiger partial charge in [-0.2, -0.15) is 0 Å². The Bertz CT molecular complexity index is 2460. The first-order chi connectivity index (χ1) is 26.1. The van der Waals surface area contributed by atoms with E-state index in [0.717, 1.165) is 22.7 Å². The summed E-state index contributed by atoms with van der Waals surface area (Å²) in [6.45, 7) is 17.8. The Morgan fingerprint density at radius 3 is 0.981 bits per heavy atom. The van der Waals surface area contributed by atoms with Crippen molar-refractivity contribution in [3.8, 4) is 0 Å². The first kappa shape index (κ1) is 35.2. The molecular weight excluding hydrogens is 653 g/mol. The van der Waals surface area contributed by atoms with Crippen molar-refractivity contribution in [1.29, 1.82) is 0 Å². The fourth-order valence-corrected chi connectivity index (χ4v) is 7.88. The molecule has 0 aromatic heterocycles. The monoisotopic (exact) mass is 702 g/mol. The Labute approximate surface area is 321 Å². The maximum absolute atomic E-state index is 2.46. The van der Waals surface area contributed by atoms with E-state index in [0.29, 0.717) is 11.8 Å². The molecule has 0 fully saturated rings. The molecular formula is C52H50N2. The summed E-state index contributed by atoms with van der Waals surface area (Å²) in [5.41, 5.74) is 14.8. The van der Waals surface area contributed by atoms with Crippen LogP contribution < -0.4 is 9.80 Å². The number of aryl methyl sites for hydroxylation is 4. The summed E-state index contributed by atoms with van der Waals surface area (Å²) in [4.78, 5) is 4.91. The van der Waals surface area contributed by atoms with Crippen LogP contribution in [0.1, 0.15) is 72.9 Å². The Morgan fingerprint density at radius 1 is 0.315 bits per heavy atom. The normalized spacial score (nSPS) is 11.7. The molecule has 0 saturated heterocycles. The van der Waals surface area contributed by atoms with Gasteiger partial charge in [-0.1, -0.05) is 113 Å². The number of anilines is 6. The topological polar surface area (TPSA) is 6.48 Å². The molecule has 2 heteroatoms. The van der Waals surface area contributed by atoms with E-state index in [1.54, 1.807) is 0 Å². The van der Waals surface area contributed by atoms with Gasteiger partial charge in [0.25, 0.3) is 0 Å². The lowest BCUT2D eigenvalue weighted by Gasteiger charge is -2.30. The molecule has 0 bridgehead atoms. The van der Waals surface area contributed by atoms with E-state index < -0.39 is 0 Å². The van der Waals surface area contributed by atoms with Gasteiger partial charge >= 0.3 is 0 Å². The molecule has 0 N–H and O–H groups in total. The zero-order chi connectivity index (χ0) is 37.7. The standard InChI is InChI=1S/C52H50N2/c1-33(2)39-19-25-41(26-20-39)53(43-23-17-35(5)37(7)29-43)51-31-49-46-14-10-12-16-48(46)52(32-50(49)45-13-9-11-15-47(45)51)54(44-24-18-36(6)38(8)30-44)42-27-21-40(22-28-42)34(3)4/h9-34H,1-8H3. The number of rotatable bonds is 8. The van der Waals surface area contributed by atoms with Crippen molar-refractivity contribution in [2.75, 3.05) is 9.80 Å². The second-order valence-electron chi connectivity index (χ2n) is 15.7. The van der Waals surface area contributed by atoms with E-state index in [1.807, 2.05) is 0 Å². The summed E-state index contributed by atoms with van der Waals surface area (Å²) in [6, 6.07) is 54.8. The van der Waals surface area contributed by atoms with Gasteiger partial charge < -0.3 is 9.80 Å². The molecule has 0 saturated carbocycles. The maximum Gasteiger partial charge on any atom is 0.0546 e. The van der Waals surface area contributed by atoms with Crippen LogP contribution in [0.4, 0.5) is 34.1 Å². The Hall–Kier alpha value is -5.86. The van der Waals surface area contributed by atoms with Crippen molar-refractivity contribution < 1.29 is 0 Å². The summed E-state index contributed by atoms with van der Waals surface area (Å²) in [5.74, 6) is 0.931. The van der Waals surface area contributed by atoms with Gasteiger partial charge in [-0.3, -0.25) is 0 Å². The van der Waals surface area contributed by atoms with E-state index in [9.17, 15) is 0 Å². The SMILES string of the molecule is Cc1ccc(N(c2ccc(C(C)C)cc2)c2cc3c4ccccc4c(N(c4ccc(C(C)C)cc4)c4ccc(C)c(C)c4)cc3c3ccccc23)cc1C. The van der Waals surface area contributed by atoms with Gasteiger partial charge in [-0.05, 0) is 155 Å². The Morgan fingerprint density at radius 2 is 0.648 bits per heavy atom. The van der Waals surface area contributed by atoms with Crippen LogP contribution >= 0.6 is 0 Å². The smallest absolute Gasteiger partial charge is 0.0546 e. The molecule has 0 amide bonds. The second-order valence-corrected chi connectivity index (χ2v) is 15.7. The van der Waals surface area contributed by atoms with Crippen LogP contribution in [-0.4, -0.2) is 0 Å². The first-order valence-corrected chi connectivity index (χ1v) is 19.4. The molecule has 0 heterocycles. The average Bonchev–Trinajstić information content (AvgIpc) is 3.18. The van der Waals surface area contributed by atoms with Gasteiger partial charge in [0.1, 0.15) is 0 Å². The van der Waals surface area contributed by atoms with Gasteiger partial charge in [-0.15, -0.1) is 0 Å². The third-order valence-electron chi connectivity index (χ3n) is 11.5. The quantitative estimate of drug-likeness (QED) is 0.145. The lowest BCUT2D eigenvalue weighted by Crippen LogP contribution is -2.12. The highest BCUT2D eigenvalue weighted by Gasteiger charge is 2.22. The van der Waals surface area contributed by atoms with Crippen LogP contribution in [0, 0.1) is 27.7 Å². The highest BCUT2D eigenvalue weighted by Crippen LogP contribution is 2.48. The zero-order valence-electron chi connectivity index (χ0n) is 32.9. The fraction of sp³-hybridized carbons (Fsp3) is 0.192. The van der Waals surface area contributed by atoms with Crippen molar-refractivity contribution in [1.82, 2.24) is 0 Å². The maximum atomic E-state index is 2.46. The highest BCUT2D eigenvalue weighted by molar-refractivity contribution is 6.24. The zero-order valence-corrected chi connectivity index (χ0v) is 32.9. The van der Waals surface area contributed by atoms with Crippen LogP contribution in [0.25, 0.3) is 32.3 Å². The molecule has 0 aliphatic heterocycles. The van der Waals surface area contributed by atoms with Crippen molar-refractivity contribution in [3.63, 3.8) is 0 Å². The van der Waals surface area contributed by atoms with E-state index in [1.165, 1.54) is 77.1 Å². The summed E-state index contributed by atoms with van der Waals surface area (Å²) in [7, 11) is 0. The van der Waals surface area contributed by atoms with E-state index >= 15 is 0 Å². The van der Waals surface area contributed by atoms with Crippen molar-refractivity contribution in [3.05, 3.63) is 179 Å². The Balaban J connectivity index is 1.44. The molecule has 0 atom stereocenters. The van der Waals surface area contributed by atoms with Gasteiger partial charge in [-0.25, -0.2) is 0 Å². The number of nitrogens with zero attached hydrogens (tertiary/aromatic N) is 2. The molecule has 0 unspecified atom stereocenters. The van der Waals surface area contributed by atoms with Crippen LogP contribution in [-0.2, 0) is 0 Å². The van der Waals surface area contributed by atoms with Crippen molar-refractivity contribution in [2.45, 2.75) is 67.2 Å². The largest absolute Gasteiger partial charge is 0.310 e. The van der Waals surface area contributed by atoms with Gasteiger partial charge in [0.05, 0.1) is 11.4 Å².